The molecule has 1 atom stereocenters. The van der Waals surface area contributed by atoms with Crippen molar-refractivity contribution in [3.8, 4) is 0 Å². The number of anilines is 1. The molecule has 94 valence electrons. The van der Waals surface area contributed by atoms with Crippen LogP contribution in [0, 0.1) is 0 Å². The van der Waals surface area contributed by atoms with E-state index < -0.39 is 0 Å². The molecule has 0 aliphatic heterocycles. The van der Waals surface area contributed by atoms with Crippen LogP contribution in [0.25, 0.3) is 0 Å². The summed E-state index contributed by atoms with van der Waals surface area (Å²) in [5.41, 5.74) is 0.978. The summed E-state index contributed by atoms with van der Waals surface area (Å²) in [5.74, 6) is 1.09. The quantitative estimate of drug-likeness (QED) is 0.843. The molecular weight excluding hydrogens is 232 g/mol. The number of para-hydroxylation sites is 1. The predicted octanol–water partition coefficient (Wildman–Crippen LogP) is 2.31. The van der Waals surface area contributed by atoms with Gasteiger partial charge in [-0.25, -0.2) is 0 Å². The molecular formula is C13H20N2OS. The van der Waals surface area contributed by atoms with E-state index in [-0.39, 0.29) is 11.9 Å². The number of hydrogen-bond acceptors (Lipinski definition) is 3. The van der Waals surface area contributed by atoms with Gasteiger partial charge < -0.3 is 10.2 Å². The molecule has 1 aromatic rings. The molecule has 1 amide bonds. The van der Waals surface area contributed by atoms with Gasteiger partial charge in [0.15, 0.2) is 0 Å². The van der Waals surface area contributed by atoms with Crippen molar-refractivity contribution in [3.63, 3.8) is 0 Å². The molecule has 0 saturated heterocycles. The summed E-state index contributed by atoms with van der Waals surface area (Å²) in [6.07, 6.45) is 2.05. The van der Waals surface area contributed by atoms with Crippen LogP contribution in [0.4, 0.5) is 5.69 Å². The van der Waals surface area contributed by atoms with Crippen LogP contribution >= 0.6 is 11.8 Å². The molecule has 0 aromatic heterocycles. The second kappa shape index (κ2) is 7.22. The van der Waals surface area contributed by atoms with Crippen LogP contribution in [-0.4, -0.2) is 42.4 Å². The van der Waals surface area contributed by atoms with Crippen molar-refractivity contribution in [1.82, 2.24) is 4.90 Å². The second-order valence-corrected chi connectivity index (χ2v) is 4.94. The van der Waals surface area contributed by atoms with E-state index in [1.807, 2.05) is 37.4 Å². The minimum Gasteiger partial charge on any atom is -0.376 e. The normalized spacial score (nSPS) is 11.9. The van der Waals surface area contributed by atoms with Gasteiger partial charge in [-0.2, -0.15) is 11.8 Å². The lowest BCUT2D eigenvalue weighted by Gasteiger charge is -2.24. The van der Waals surface area contributed by atoms with Crippen molar-refractivity contribution in [2.75, 3.05) is 30.9 Å². The van der Waals surface area contributed by atoms with E-state index in [1.165, 1.54) is 0 Å². The summed E-state index contributed by atoms with van der Waals surface area (Å²) in [6.45, 7) is 2.41. The maximum atomic E-state index is 11.9. The van der Waals surface area contributed by atoms with Gasteiger partial charge in [-0.05, 0) is 25.3 Å². The Balaban J connectivity index is 2.39. The Labute approximate surface area is 108 Å². The molecule has 0 saturated carbocycles. The number of hydrogen-bond donors (Lipinski definition) is 1. The molecule has 1 rings (SSSR count). The lowest BCUT2D eigenvalue weighted by Crippen LogP contribution is -2.39. The molecule has 1 aromatic carbocycles. The maximum absolute atomic E-state index is 11.9. The van der Waals surface area contributed by atoms with Crippen LogP contribution in [0.1, 0.15) is 6.92 Å². The Kier molecular flexibility index (Phi) is 5.91. The largest absolute Gasteiger partial charge is 0.376 e. The topological polar surface area (TPSA) is 32.3 Å². The van der Waals surface area contributed by atoms with Crippen LogP contribution in [0.15, 0.2) is 30.3 Å². The molecule has 0 spiro atoms. The number of likely N-dealkylation sites (N-methyl/N-ethyl adjacent to an activating group) is 1. The standard InChI is InChI=1S/C13H20N2OS/c1-11(10-17-3)15(2)13(16)9-14-12-7-5-4-6-8-12/h4-8,11,14H,9-10H2,1-3H3. The van der Waals surface area contributed by atoms with Crippen LogP contribution in [0.3, 0.4) is 0 Å². The number of thioether (sulfide) groups is 1. The number of benzene rings is 1. The third kappa shape index (κ3) is 4.69. The fourth-order valence-electron chi connectivity index (χ4n) is 1.46. The minimum atomic E-state index is 0.121. The van der Waals surface area contributed by atoms with Crippen molar-refractivity contribution in [3.05, 3.63) is 30.3 Å². The zero-order valence-electron chi connectivity index (χ0n) is 10.6. The van der Waals surface area contributed by atoms with Crippen molar-refractivity contribution >= 4 is 23.4 Å². The Morgan fingerprint density at radius 2 is 2.06 bits per heavy atom. The highest BCUT2D eigenvalue weighted by molar-refractivity contribution is 7.98. The number of amides is 1. The van der Waals surface area contributed by atoms with Gasteiger partial charge in [-0.1, -0.05) is 18.2 Å². The van der Waals surface area contributed by atoms with E-state index in [1.54, 1.807) is 16.7 Å². The molecule has 0 heterocycles. The third-order valence-corrected chi connectivity index (χ3v) is 3.50. The highest BCUT2D eigenvalue weighted by Gasteiger charge is 2.14. The molecule has 0 radical (unpaired) electrons. The fraction of sp³-hybridized carbons (Fsp3) is 0.462. The number of nitrogens with one attached hydrogen (secondary N) is 1. The third-order valence-electron chi connectivity index (χ3n) is 2.68. The van der Waals surface area contributed by atoms with Crippen LogP contribution in [0.2, 0.25) is 0 Å². The summed E-state index contributed by atoms with van der Waals surface area (Å²) >= 11 is 1.76. The highest BCUT2D eigenvalue weighted by Crippen LogP contribution is 2.06. The second-order valence-electron chi connectivity index (χ2n) is 4.03. The van der Waals surface area contributed by atoms with Crippen molar-refractivity contribution < 1.29 is 4.79 Å². The van der Waals surface area contributed by atoms with Crippen LogP contribution < -0.4 is 5.32 Å². The van der Waals surface area contributed by atoms with Gasteiger partial charge in [-0.3, -0.25) is 4.79 Å². The van der Waals surface area contributed by atoms with E-state index >= 15 is 0 Å². The average molecular weight is 252 g/mol. The van der Waals surface area contributed by atoms with Gasteiger partial charge >= 0.3 is 0 Å². The van der Waals surface area contributed by atoms with E-state index in [0.717, 1.165) is 11.4 Å². The molecule has 4 heteroatoms. The minimum absolute atomic E-state index is 0.121. The van der Waals surface area contributed by atoms with Gasteiger partial charge in [0.25, 0.3) is 0 Å². The van der Waals surface area contributed by atoms with Gasteiger partial charge in [0, 0.05) is 24.5 Å². The highest BCUT2D eigenvalue weighted by atomic mass is 32.2. The number of carbonyl (C=O) groups is 1. The number of rotatable bonds is 6. The van der Waals surface area contributed by atoms with Gasteiger partial charge in [0.05, 0.1) is 6.54 Å². The van der Waals surface area contributed by atoms with E-state index in [0.29, 0.717) is 6.54 Å². The zero-order chi connectivity index (χ0) is 12.7. The lowest BCUT2D eigenvalue weighted by molar-refractivity contribution is -0.129. The molecule has 0 aliphatic carbocycles. The first-order chi connectivity index (χ1) is 8.15. The number of nitrogens with zero attached hydrogens (tertiary/aromatic N) is 1. The molecule has 1 N–H and O–H groups in total. The fourth-order valence-corrected chi connectivity index (χ4v) is 2.16. The predicted molar refractivity (Wildman–Crippen MR) is 75.5 cm³/mol. The van der Waals surface area contributed by atoms with Crippen molar-refractivity contribution in [1.29, 1.82) is 0 Å². The molecule has 3 nitrogen and oxygen atoms in total. The first kappa shape index (κ1) is 13.9. The zero-order valence-corrected chi connectivity index (χ0v) is 11.5. The van der Waals surface area contributed by atoms with Gasteiger partial charge in [0.1, 0.15) is 0 Å². The van der Waals surface area contributed by atoms with Crippen LogP contribution in [-0.2, 0) is 4.79 Å². The van der Waals surface area contributed by atoms with Gasteiger partial charge in [0.2, 0.25) is 5.91 Å². The monoisotopic (exact) mass is 252 g/mol. The Hall–Kier alpha value is -1.16. The Morgan fingerprint density at radius 1 is 1.41 bits per heavy atom. The smallest absolute Gasteiger partial charge is 0.241 e. The maximum Gasteiger partial charge on any atom is 0.241 e. The molecule has 1 unspecified atom stereocenters. The molecule has 0 aliphatic rings. The summed E-state index contributed by atoms with van der Waals surface area (Å²) < 4.78 is 0. The Morgan fingerprint density at radius 3 is 2.65 bits per heavy atom. The lowest BCUT2D eigenvalue weighted by atomic mass is 10.3. The van der Waals surface area contributed by atoms with Crippen LogP contribution in [0.5, 0.6) is 0 Å². The average Bonchev–Trinajstić information content (AvgIpc) is 2.36. The molecule has 0 bridgehead atoms. The SMILES string of the molecule is CSCC(C)N(C)C(=O)CNc1ccccc1. The summed E-state index contributed by atoms with van der Waals surface area (Å²) in [7, 11) is 1.86. The molecule has 17 heavy (non-hydrogen) atoms. The Bertz CT molecular complexity index is 343. The van der Waals surface area contributed by atoms with E-state index in [4.69, 9.17) is 0 Å². The van der Waals surface area contributed by atoms with E-state index in [9.17, 15) is 4.79 Å². The van der Waals surface area contributed by atoms with E-state index in [2.05, 4.69) is 18.5 Å². The first-order valence-electron chi connectivity index (χ1n) is 5.68. The van der Waals surface area contributed by atoms with Gasteiger partial charge in [-0.15, -0.1) is 0 Å². The van der Waals surface area contributed by atoms with Crippen molar-refractivity contribution in [2.45, 2.75) is 13.0 Å². The first-order valence-corrected chi connectivity index (χ1v) is 7.08. The summed E-state index contributed by atoms with van der Waals surface area (Å²) in [4.78, 5) is 13.7. The molecule has 0 fully saturated rings. The summed E-state index contributed by atoms with van der Waals surface area (Å²) in [5, 5.41) is 3.12. The van der Waals surface area contributed by atoms with Crippen molar-refractivity contribution in [2.24, 2.45) is 0 Å². The summed E-state index contributed by atoms with van der Waals surface area (Å²) in [6, 6.07) is 10.0. The number of carbonyl (C=O) groups excluding carboxylic acids is 1.